The number of hydrogen-bond donors (Lipinski definition) is 0. The minimum absolute atomic E-state index is 0.161. The number of fused-ring (bicyclic) bond motifs is 1. The summed E-state index contributed by atoms with van der Waals surface area (Å²) in [6.07, 6.45) is -4.56. The van der Waals surface area contributed by atoms with Crippen LogP contribution in [0.15, 0.2) is 59.1 Å². The molecule has 1 unspecified atom stereocenters. The summed E-state index contributed by atoms with van der Waals surface area (Å²) in [7, 11) is 1.62. The fourth-order valence-corrected chi connectivity index (χ4v) is 3.50. The van der Waals surface area contributed by atoms with Crippen molar-refractivity contribution < 1.29 is 27.2 Å². The van der Waals surface area contributed by atoms with Crippen molar-refractivity contribution in [3.8, 4) is 28.7 Å². The van der Waals surface area contributed by atoms with Crippen molar-refractivity contribution in [1.29, 1.82) is 0 Å². The van der Waals surface area contributed by atoms with Crippen LogP contribution in [0.25, 0.3) is 23.0 Å². The third-order valence-electron chi connectivity index (χ3n) is 5.24. The van der Waals surface area contributed by atoms with Gasteiger partial charge in [0.25, 0.3) is 5.89 Å². The lowest BCUT2D eigenvalue weighted by molar-refractivity contribution is -0.137. The van der Waals surface area contributed by atoms with Crippen LogP contribution in [0.3, 0.4) is 0 Å². The lowest BCUT2D eigenvalue weighted by Crippen LogP contribution is -2.21. The van der Waals surface area contributed by atoms with E-state index in [1.165, 1.54) is 12.1 Å². The Hall–Kier alpha value is -3.66. The van der Waals surface area contributed by atoms with E-state index in [9.17, 15) is 13.2 Å². The highest BCUT2D eigenvalue weighted by atomic mass is 19.4. The molecule has 0 N–H and O–H groups in total. The van der Waals surface area contributed by atoms with Crippen LogP contribution in [0.1, 0.15) is 22.9 Å². The fourth-order valence-electron chi connectivity index (χ4n) is 3.50. The van der Waals surface area contributed by atoms with E-state index in [1.54, 1.807) is 13.2 Å². The summed E-state index contributed by atoms with van der Waals surface area (Å²) >= 11 is 0. The van der Waals surface area contributed by atoms with E-state index in [0.29, 0.717) is 24.4 Å². The number of halogens is 3. The zero-order chi connectivity index (χ0) is 22.3. The van der Waals surface area contributed by atoms with Gasteiger partial charge in [0.05, 0.1) is 31.5 Å². The van der Waals surface area contributed by atoms with Gasteiger partial charge in [0.1, 0.15) is 11.9 Å². The Morgan fingerprint density at radius 3 is 2.50 bits per heavy atom. The fraction of sp³-hybridized carbons (Fsp3) is 0.227. The van der Waals surface area contributed by atoms with Crippen LogP contribution in [0.2, 0.25) is 0 Å². The van der Waals surface area contributed by atoms with Crippen molar-refractivity contribution in [1.82, 2.24) is 19.9 Å². The molecular formula is C22H17F3N4O3. The molecule has 0 aliphatic carbocycles. The molecule has 2 aromatic carbocycles. The molecule has 3 heterocycles. The Morgan fingerprint density at radius 1 is 1.06 bits per heavy atom. The number of methoxy groups -OCH3 is 1. The lowest BCUT2D eigenvalue weighted by atomic mass is 10.1. The average molecular weight is 442 g/mol. The standard InChI is InChI=1S/C22H17F3N4O3/c1-30-17-8-4-13(5-9-17)19-11-29-16(12-31-19)10-18(27-29)21-26-20(28-32-21)14-2-6-15(7-3-14)22(23,24)25/h2-10,19H,11-12H2,1H3. The van der Waals surface area contributed by atoms with E-state index >= 15 is 0 Å². The van der Waals surface area contributed by atoms with Crippen LogP contribution in [0.4, 0.5) is 13.2 Å². The van der Waals surface area contributed by atoms with Crippen LogP contribution in [-0.4, -0.2) is 27.0 Å². The molecule has 0 fully saturated rings. The van der Waals surface area contributed by atoms with Gasteiger partial charge in [-0.25, -0.2) is 0 Å². The number of hydrogen-bond acceptors (Lipinski definition) is 6. The number of nitrogens with zero attached hydrogens (tertiary/aromatic N) is 4. The summed E-state index contributed by atoms with van der Waals surface area (Å²) in [4.78, 5) is 4.29. The molecule has 1 aliphatic heterocycles. The molecule has 0 spiro atoms. The third kappa shape index (κ3) is 3.84. The van der Waals surface area contributed by atoms with Crippen molar-refractivity contribution in [3.63, 3.8) is 0 Å². The summed E-state index contributed by atoms with van der Waals surface area (Å²) in [6.45, 7) is 0.880. The van der Waals surface area contributed by atoms with E-state index < -0.39 is 11.7 Å². The van der Waals surface area contributed by atoms with Crippen molar-refractivity contribution in [2.45, 2.75) is 25.4 Å². The van der Waals surface area contributed by atoms with Crippen LogP contribution in [-0.2, 0) is 24.1 Å². The predicted molar refractivity (Wildman–Crippen MR) is 106 cm³/mol. The molecule has 2 aromatic heterocycles. The summed E-state index contributed by atoms with van der Waals surface area (Å²) in [5.41, 5.74) is 2.03. The number of ether oxygens (including phenoxy) is 2. The Labute approximate surface area is 180 Å². The minimum Gasteiger partial charge on any atom is -0.497 e. The summed E-state index contributed by atoms with van der Waals surface area (Å²) < 4.78 is 56.5. The maximum atomic E-state index is 12.8. The first-order valence-electron chi connectivity index (χ1n) is 9.75. The second-order valence-electron chi connectivity index (χ2n) is 7.27. The van der Waals surface area contributed by atoms with Gasteiger partial charge in [-0.3, -0.25) is 4.68 Å². The van der Waals surface area contributed by atoms with Gasteiger partial charge in [-0.05, 0) is 35.9 Å². The Kier molecular flexibility index (Phi) is 4.93. The lowest BCUT2D eigenvalue weighted by Gasteiger charge is -2.24. The molecule has 5 rings (SSSR count). The molecule has 1 atom stereocenters. The molecule has 0 saturated heterocycles. The molecule has 32 heavy (non-hydrogen) atoms. The van der Waals surface area contributed by atoms with Gasteiger partial charge in [-0.15, -0.1) is 0 Å². The number of benzene rings is 2. The maximum absolute atomic E-state index is 12.8. The third-order valence-corrected chi connectivity index (χ3v) is 5.24. The maximum Gasteiger partial charge on any atom is 0.416 e. The predicted octanol–water partition coefficient (Wildman–Crippen LogP) is 4.90. The van der Waals surface area contributed by atoms with Crippen molar-refractivity contribution in [3.05, 3.63) is 71.4 Å². The van der Waals surface area contributed by atoms with Crippen molar-refractivity contribution in [2.24, 2.45) is 0 Å². The van der Waals surface area contributed by atoms with Gasteiger partial charge in [0, 0.05) is 5.56 Å². The molecule has 1 aliphatic rings. The quantitative estimate of drug-likeness (QED) is 0.448. The largest absolute Gasteiger partial charge is 0.497 e. The second-order valence-corrected chi connectivity index (χ2v) is 7.27. The molecule has 4 aromatic rings. The Balaban J connectivity index is 1.34. The molecule has 0 amide bonds. The molecule has 0 bridgehead atoms. The topological polar surface area (TPSA) is 75.2 Å². The van der Waals surface area contributed by atoms with Crippen LogP contribution in [0, 0.1) is 0 Å². The molecular weight excluding hydrogens is 425 g/mol. The van der Waals surface area contributed by atoms with Gasteiger partial charge in [0.2, 0.25) is 5.82 Å². The van der Waals surface area contributed by atoms with E-state index in [0.717, 1.165) is 29.1 Å². The molecule has 0 radical (unpaired) electrons. The van der Waals surface area contributed by atoms with E-state index in [2.05, 4.69) is 15.2 Å². The smallest absolute Gasteiger partial charge is 0.416 e. The second kappa shape index (κ2) is 7.79. The monoisotopic (exact) mass is 442 g/mol. The van der Waals surface area contributed by atoms with Gasteiger partial charge < -0.3 is 14.0 Å². The summed E-state index contributed by atoms with van der Waals surface area (Å²) in [5.74, 6) is 1.14. The van der Waals surface area contributed by atoms with Crippen LogP contribution < -0.4 is 4.74 Å². The summed E-state index contributed by atoms with van der Waals surface area (Å²) in [5, 5.41) is 8.43. The van der Waals surface area contributed by atoms with Crippen LogP contribution in [0.5, 0.6) is 5.75 Å². The van der Waals surface area contributed by atoms with Gasteiger partial charge >= 0.3 is 6.18 Å². The zero-order valence-electron chi connectivity index (χ0n) is 16.8. The first-order valence-corrected chi connectivity index (χ1v) is 9.75. The van der Waals surface area contributed by atoms with E-state index in [1.807, 2.05) is 28.9 Å². The highest BCUT2D eigenvalue weighted by Crippen LogP contribution is 2.32. The Morgan fingerprint density at radius 2 is 1.81 bits per heavy atom. The zero-order valence-corrected chi connectivity index (χ0v) is 16.8. The van der Waals surface area contributed by atoms with E-state index in [4.69, 9.17) is 14.0 Å². The van der Waals surface area contributed by atoms with Gasteiger partial charge in [0.15, 0.2) is 5.69 Å². The normalized spacial score (nSPS) is 16.1. The molecule has 164 valence electrons. The highest BCUT2D eigenvalue weighted by molar-refractivity contribution is 5.58. The molecule has 10 heteroatoms. The highest BCUT2D eigenvalue weighted by Gasteiger charge is 2.30. The first kappa shape index (κ1) is 20.3. The summed E-state index contributed by atoms with van der Waals surface area (Å²) in [6, 6.07) is 14.0. The average Bonchev–Trinajstić information content (AvgIpc) is 3.45. The van der Waals surface area contributed by atoms with Crippen LogP contribution >= 0.6 is 0 Å². The van der Waals surface area contributed by atoms with Gasteiger partial charge in [-0.1, -0.05) is 29.4 Å². The first-order chi connectivity index (χ1) is 15.4. The Bertz CT molecular complexity index is 1230. The number of aromatic nitrogens is 4. The van der Waals surface area contributed by atoms with Crippen molar-refractivity contribution >= 4 is 0 Å². The number of alkyl halides is 3. The SMILES string of the molecule is COc1ccc(C2Cn3nc(-c4nc(-c5ccc(C(F)(F)F)cc5)no4)cc3CO2)cc1. The van der Waals surface area contributed by atoms with Crippen molar-refractivity contribution in [2.75, 3.05) is 7.11 Å². The molecule has 0 saturated carbocycles. The number of rotatable bonds is 4. The minimum atomic E-state index is -4.40. The molecule has 7 nitrogen and oxygen atoms in total. The van der Waals surface area contributed by atoms with Gasteiger partial charge in [-0.2, -0.15) is 23.3 Å². The van der Waals surface area contributed by atoms with E-state index in [-0.39, 0.29) is 17.8 Å².